The van der Waals surface area contributed by atoms with E-state index in [4.69, 9.17) is 14.6 Å². The Kier molecular flexibility index (Phi) is 3.42. The summed E-state index contributed by atoms with van der Waals surface area (Å²) in [6, 6.07) is 0. The lowest BCUT2D eigenvalue weighted by Gasteiger charge is -2.35. The first-order valence-electron chi connectivity index (χ1n) is 3.84. The van der Waals surface area contributed by atoms with Crippen LogP contribution in [0.1, 0.15) is 6.42 Å². The molecule has 0 aromatic rings. The Labute approximate surface area is 70.5 Å². The van der Waals surface area contributed by atoms with E-state index < -0.39 is 24.6 Å². The minimum absolute atomic E-state index is 0.170. The van der Waals surface area contributed by atoms with Crippen LogP contribution in [-0.4, -0.2) is 53.6 Å². The molecule has 1 fully saturated rings. The molecule has 3 unspecified atom stereocenters. The molecule has 1 heterocycles. The zero-order chi connectivity index (χ0) is 9.14. The van der Waals surface area contributed by atoms with E-state index >= 15 is 0 Å². The summed E-state index contributed by atoms with van der Waals surface area (Å²) in [4.78, 5) is 0. The summed E-state index contributed by atoms with van der Waals surface area (Å²) in [5, 5.41) is 27.3. The molecule has 72 valence electrons. The van der Waals surface area contributed by atoms with Crippen LogP contribution in [0.4, 0.5) is 0 Å². The maximum atomic E-state index is 9.26. The van der Waals surface area contributed by atoms with Gasteiger partial charge < -0.3 is 24.8 Å². The summed E-state index contributed by atoms with van der Waals surface area (Å²) in [7, 11) is 1.40. The second-order valence-corrected chi connectivity index (χ2v) is 2.83. The number of rotatable bonds is 2. The molecular weight excluding hydrogens is 164 g/mol. The molecule has 0 aromatic heterocycles. The van der Waals surface area contributed by atoms with Crippen molar-refractivity contribution in [2.75, 3.05) is 13.7 Å². The van der Waals surface area contributed by atoms with E-state index in [2.05, 4.69) is 0 Å². The maximum absolute atomic E-state index is 9.26. The quantitative estimate of drug-likeness (QED) is 0.477. The van der Waals surface area contributed by atoms with Crippen LogP contribution >= 0.6 is 0 Å². The van der Waals surface area contributed by atoms with Gasteiger partial charge >= 0.3 is 0 Å². The molecule has 1 rings (SSSR count). The largest absolute Gasteiger partial charge is 0.394 e. The van der Waals surface area contributed by atoms with Crippen molar-refractivity contribution in [1.82, 2.24) is 0 Å². The van der Waals surface area contributed by atoms with E-state index in [9.17, 15) is 10.2 Å². The third kappa shape index (κ3) is 1.94. The number of ether oxygens (including phenoxy) is 2. The van der Waals surface area contributed by atoms with Gasteiger partial charge in [-0.1, -0.05) is 0 Å². The first-order chi connectivity index (χ1) is 5.69. The van der Waals surface area contributed by atoms with Crippen LogP contribution in [0.5, 0.6) is 0 Å². The highest BCUT2D eigenvalue weighted by atomic mass is 16.7. The molecule has 5 nitrogen and oxygen atoms in total. The fraction of sp³-hybridized carbons (Fsp3) is 1.00. The van der Waals surface area contributed by atoms with E-state index in [0.717, 1.165) is 0 Å². The van der Waals surface area contributed by atoms with Crippen molar-refractivity contribution >= 4 is 0 Å². The first-order valence-corrected chi connectivity index (χ1v) is 3.84. The third-order valence-corrected chi connectivity index (χ3v) is 1.95. The van der Waals surface area contributed by atoms with Gasteiger partial charge in [0.1, 0.15) is 12.2 Å². The number of aliphatic hydroxyl groups is 3. The van der Waals surface area contributed by atoms with Crippen LogP contribution < -0.4 is 0 Å². The van der Waals surface area contributed by atoms with E-state index in [0.29, 0.717) is 0 Å². The van der Waals surface area contributed by atoms with Gasteiger partial charge in [-0.2, -0.15) is 0 Å². The van der Waals surface area contributed by atoms with Gasteiger partial charge in [0, 0.05) is 13.5 Å². The Hall–Kier alpha value is -0.200. The van der Waals surface area contributed by atoms with Gasteiger partial charge in [-0.3, -0.25) is 0 Å². The summed E-state index contributed by atoms with van der Waals surface area (Å²) in [6.45, 7) is -0.270. The van der Waals surface area contributed by atoms with E-state index in [1.807, 2.05) is 0 Å². The monoisotopic (exact) mass is 178 g/mol. The van der Waals surface area contributed by atoms with Gasteiger partial charge in [-0.05, 0) is 0 Å². The van der Waals surface area contributed by atoms with Gasteiger partial charge in [0.25, 0.3) is 0 Å². The van der Waals surface area contributed by atoms with Gasteiger partial charge in [-0.25, -0.2) is 0 Å². The number of hydrogen-bond donors (Lipinski definition) is 3. The Morgan fingerprint density at radius 1 is 1.42 bits per heavy atom. The van der Waals surface area contributed by atoms with Crippen molar-refractivity contribution in [3.05, 3.63) is 0 Å². The second kappa shape index (κ2) is 4.15. The smallest absolute Gasteiger partial charge is 0.183 e. The highest BCUT2D eigenvalue weighted by Gasteiger charge is 2.35. The topological polar surface area (TPSA) is 79.2 Å². The number of hydrogen-bond acceptors (Lipinski definition) is 5. The van der Waals surface area contributed by atoms with Crippen LogP contribution in [0.15, 0.2) is 0 Å². The first kappa shape index (κ1) is 9.88. The van der Waals surface area contributed by atoms with E-state index in [1.165, 1.54) is 7.11 Å². The number of aliphatic hydroxyl groups excluding tert-OH is 3. The van der Waals surface area contributed by atoms with Crippen molar-refractivity contribution < 1.29 is 24.8 Å². The molecule has 5 heteroatoms. The van der Waals surface area contributed by atoms with Crippen molar-refractivity contribution in [3.8, 4) is 0 Å². The summed E-state index contributed by atoms with van der Waals surface area (Å²) < 4.78 is 9.83. The van der Waals surface area contributed by atoms with Crippen LogP contribution in [0.25, 0.3) is 0 Å². The molecule has 4 atom stereocenters. The lowest BCUT2D eigenvalue weighted by Crippen LogP contribution is -2.49. The fourth-order valence-electron chi connectivity index (χ4n) is 1.24. The third-order valence-electron chi connectivity index (χ3n) is 1.95. The maximum Gasteiger partial charge on any atom is 0.183 e. The van der Waals surface area contributed by atoms with E-state index in [1.54, 1.807) is 0 Å². The number of methoxy groups -OCH3 is 1. The average Bonchev–Trinajstić information content (AvgIpc) is 2.05. The molecule has 0 saturated carbocycles. The highest BCUT2D eigenvalue weighted by molar-refractivity contribution is 4.80. The molecule has 0 amide bonds. The summed E-state index contributed by atoms with van der Waals surface area (Å²) >= 11 is 0. The molecule has 0 bridgehead atoms. The van der Waals surface area contributed by atoms with Crippen LogP contribution in [0.2, 0.25) is 0 Å². The summed E-state index contributed by atoms with van der Waals surface area (Å²) in [5.41, 5.74) is 0. The Morgan fingerprint density at radius 3 is 2.58 bits per heavy atom. The van der Waals surface area contributed by atoms with Crippen molar-refractivity contribution in [1.29, 1.82) is 0 Å². The normalized spacial score (nSPS) is 43.0. The Bertz CT molecular complexity index is 126. The molecule has 1 aliphatic heterocycles. The van der Waals surface area contributed by atoms with Crippen molar-refractivity contribution in [3.63, 3.8) is 0 Å². The van der Waals surface area contributed by atoms with Crippen LogP contribution in [0.3, 0.4) is 0 Å². The Morgan fingerprint density at radius 2 is 2.08 bits per heavy atom. The SMILES string of the molecule is COC1OC(CO)C(O)C[C@@H]1O. The standard InChI is InChI=1S/C7H14O5/c1-11-7-5(10)2-4(9)6(3-8)12-7/h4-10H,2-3H2,1H3/t4?,5-,6?,7?/m0/s1. The molecule has 0 spiro atoms. The molecule has 0 aliphatic carbocycles. The molecule has 1 saturated heterocycles. The lowest BCUT2D eigenvalue weighted by molar-refractivity contribution is -0.261. The lowest BCUT2D eigenvalue weighted by atomic mass is 10.0. The molecule has 3 N–H and O–H groups in total. The fourth-order valence-corrected chi connectivity index (χ4v) is 1.24. The zero-order valence-electron chi connectivity index (χ0n) is 6.88. The van der Waals surface area contributed by atoms with Gasteiger partial charge in [0.2, 0.25) is 0 Å². The average molecular weight is 178 g/mol. The molecular formula is C7H14O5. The van der Waals surface area contributed by atoms with Crippen molar-refractivity contribution in [2.24, 2.45) is 0 Å². The highest BCUT2D eigenvalue weighted by Crippen LogP contribution is 2.20. The predicted octanol–water partition coefficient (Wildman–Crippen LogP) is -1.54. The molecule has 0 radical (unpaired) electrons. The van der Waals surface area contributed by atoms with Crippen molar-refractivity contribution in [2.45, 2.75) is 31.0 Å². The van der Waals surface area contributed by atoms with Gasteiger partial charge in [0.05, 0.1) is 12.7 Å². The molecule has 12 heavy (non-hydrogen) atoms. The Balaban J connectivity index is 2.50. The predicted molar refractivity (Wildman–Crippen MR) is 39.4 cm³/mol. The molecule has 0 aromatic carbocycles. The van der Waals surface area contributed by atoms with E-state index in [-0.39, 0.29) is 13.0 Å². The second-order valence-electron chi connectivity index (χ2n) is 2.83. The minimum atomic E-state index is -0.826. The van der Waals surface area contributed by atoms with Gasteiger partial charge in [0.15, 0.2) is 6.29 Å². The van der Waals surface area contributed by atoms with Crippen LogP contribution in [-0.2, 0) is 9.47 Å². The van der Waals surface area contributed by atoms with Gasteiger partial charge in [-0.15, -0.1) is 0 Å². The summed E-state index contributed by atoms with van der Waals surface area (Å²) in [6.07, 6.45) is -2.88. The summed E-state index contributed by atoms with van der Waals surface area (Å²) in [5.74, 6) is 0. The van der Waals surface area contributed by atoms with Crippen LogP contribution in [0, 0.1) is 0 Å². The molecule has 1 aliphatic rings. The minimum Gasteiger partial charge on any atom is -0.394 e. The zero-order valence-corrected chi connectivity index (χ0v) is 6.88.